The standard InChI is InChI=1S/C15H21N.ClH/c1-2-13-16-15(11-7-4-8-12-15)14-9-5-3-6-10-14;/h2-3,5-6,9-10,16H,1,4,7-8,11-13H2;1H. The minimum atomic E-state index is 0. The highest BCUT2D eigenvalue weighted by Gasteiger charge is 2.32. The van der Waals surface area contributed by atoms with E-state index in [0.717, 1.165) is 6.54 Å². The van der Waals surface area contributed by atoms with Crippen LogP contribution in [0.3, 0.4) is 0 Å². The van der Waals surface area contributed by atoms with Gasteiger partial charge in [0.15, 0.2) is 0 Å². The lowest BCUT2D eigenvalue weighted by atomic mass is 9.76. The van der Waals surface area contributed by atoms with Crippen LogP contribution in [-0.2, 0) is 5.54 Å². The van der Waals surface area contributed by atoms with E-state index in [0.29, 0.717) is 0 Å². The third-order valence-corrected chi connectivity index (χ3v) is 3.62. The van der Waals surface area contributed by atoms with Crippen LogP contribution < -0.4 is 5.32 Å². The summed E-state index contributed by atoms with van der Waals surface area (Å²) in [5.74, 6) is 0. The first-order valence-electron chi connectivity index (χ1n) is 6.29. The van der Waals surface area contributed by atoms with Crippen molar-refractivity contribution in [2.24, 2.45) is 0 Å². The van der Waals surface area contributed by atoms with Crippen molar-refractivity contribution in [3.8, 4) is 0 Å². The molecule has 17 heavy (non-hydrogen) atoms. The van der Waals surface area contributed by atoms with Gasteiger partial charge in [-0.2, -0.15) is 0 Å². The summed E-state index contributed by atoms with van der Waals surface area (Å²) in [6.07, 6.45) is 8.51. The Labute approximate surface area is 111 Å². The summed E-state index contributed by atoms with van der Waals surface area (Å²) in [7, 11) is 0. The Balaban J connectivity index is 0.00000144. The molecule has 1 aromatic carbocycles. The molecule has 1 fully saturated rings. The molecule has 0 bridgehead atoms. The smallest absolute Gasteiger partial charge is 0.0437 e. The van der Waals surface area contributed by atoms with Crippen molar-refractivity contribution in [3.63, 3.8) is 0 Å². The Morgan fingerprint density at radius 3 is 2.35 bits per heavy atom. The van der Waals surface area contributed by atoms with Crippen molar-refractivity contribution < 1.29 is 0 Å². The molecule has 1 aliphatic rings. The molecule has 2 rings (SSSR count). The van der Waals surface area contributed by atoms with Crippen molar-refractivity contribution in [2.45, 2.75) is 37.6 Å². The van der Waals surface area contributed by atoms with Crippen LogP contribution >= 0.6 is 12.4 Å². The molecule has 0 heterocycles. The van der Waals surface area contributed by atoms with Gasteiger partial charge in [0.25, 0.3) is 0 Å². The van der Waals surface area contributed by atoms with E-state index in [2.05, 4.69) is 42.2 Å². The maximum Gasteiger partial charge on any atom is 0.0437 e. The first kappa shape index (κ1) is 14.3. The quantitative estimate of drug-likeness (QED) is 0.797. The molecule has 1 saturated carbocycles. The van der Waals surface area contributed by atoms with E-state index in [9.17, 15) is 0 Å². The lowest BCUT2D eigenvalue weighted by molar-refractivity contribution is 0.242. The molecule has 0 radical (unpaired) electrons. The van der Waals surface area contributed by atoms with Crippen LogP contribution in [0, 0.1) is 0 Å². The molecule has 0 aliphatic heterocycles. The average Bonchev–Trinajstić information content (AvgIpc) is 2.38. The lowest BCUT2D eigenvalue weighted by Gasteiger charge is -2.38. The second-order valence-electron chi connectivity index (χ2n) is 4.68. The fourth-order valence-corrected chi connectivity index (χ4v) is 2.75. The van der Waals surface area contributed by atoms with E-state index in [1.807, 2.05) is 6.08 Å². The number of hydrogen-bond donors (Lipinski definition) is 1. The second kappa shape index (κ2) is 6.83. The van der Waals surface area contributed by atoms with Gasteiger partial charge >= 0.3 is 0 Å². The Morgan fingerprint density at radius 1 is 1.12 bits per heavy atom. The number of halogens is 1. The maximum absolute atomic E-state index is 3.81. The average molecular weight is 252 g/mol. The third kappa shape index (κ3) is 3.34. The summed E-state index contributed by atoms with van der Waals surface area (Å²) in [5, 5.41) is 3.68. The Morgan fingerprint density at radius 2 is 1.76 bits per heavy atom. The highest BCUT2D eigenvalue weighted by atomic mass is 35.5. The van der Waals surface area contributed by atoms with Crippen LogP contribution in [0.1, 0.15) is 37.7 Å². The molecule has 0 aromatic heterocycles. The zero-order valence-electron chi connectivity index (χ0n) is 10.3. The molecule has 94 valence electrons. The van der Waals surface area contributed by atoms with E-state index < -0.39 is 0 Å². The Bertz CT molecular complexity index is 328. The fourth-order valence-electron chi connectivity index (χ4n) is 2.75. The van der Waals surface area contributed by atoms with Gasteiger partial charge < -0.3 is 5.32 Å². The van der Waals surface area contributed by atoms with Gasteiger partial charge in [-0.15, -0.1) is 19.0 Å². The number of benzene rings is 1. The van der Waals surface area contributed by atoms with Crippen LogP contribution in [0.25, 0.3) is 0 Å². The first-order valence-corrected chi connectivity index (χ1v) is 6.29. The SMILES string of the molecule is C=CCNC1(c2ccccc2)CCCCC1.Cl. The Kier molecular flexibility index (Phi) is 5.73. The zero-order valence-corrected chi connectivity index (χ0v) is 11.1. The molecular formula is C15H22ClN. The molecule has 0 atom stereocenters. The van der Waals surface area contributed by atoms with Gasteiger partial charge in [0.2, 0.25) is 0 Å². The summed E-state index contributed by atoms with van der Waals surface area (Å²) in [4.78, 5) is 0. The molecule has 1 nitrogen and oxygen atoms in total. The zero-order chi connectivity index (χ0) is 11.3. The minimum Gasteiger partial charge on any atom is -0.304 e. The molecule has 0 saturated heterocycles. The molecule has 1 aromatic rings. The molecule has 1 aliphatic carbocycles. The molecule has 0 spiro atoms. The number of nitrogens with one attached hydrogen (secondary N) is 1. The highest BCUT2D eigenvalue weighted by Crippen LogP contribution is 2.36. The molecule has 0 unspecified atom stereocenters. The first-order chi connectivity index (χ1) is 7.87. The molecule has 0 amide bonds. The summed E-state index contributed by atoms with van der Waals surface area (Å²) >= 11 is 0. The van der Waals surface area contributed by atoms with Crippen LogP contribution in [-0.4, -0.2) is 6.54 Å². The van der Waals surface area contributed by atoms with Crippen LogP contribution in [0.2, 0.25) is 0 Å². The van der Waals surface area contributed by atoms with E-state index in [1.54, 1.807) is 0 Å². The van der Waals surface area contributed by atoms with Crippen molar-refractivity contribution in [1.82, 2.24) is 5.32 Å². The van der Waals surface area contributed by atoms with Gasteiger partial charge in [-0.3, -0.25) is 0 Å². The topological polar surface area (TPSA) is 12.0 Å². The normalized spacial score (nSPS) is 18.1. The van der Waals surface area contributed by atoms with Gasteiger partial charge in [0, 0.05) is 12.1 Å². The van der Waals surface area contributed by atoms with Crippen molar-refractivity contribution in [2.75, 3.05) is 6.54 Å². The Hall–Kier alpha value is -0.790. The maximum atomic E-state index is 3.81. The number of rotatable bonds is 4. The monoisotopic (exact) mass is 251 g/mol. The van der Waals surface area contributed by atoms with Crippen molar-refractivity contribution in [3.05, 3.63) is 48.6 Å². The van der Waals surface area contributed by atoms with Gasteiger partial charge in [-0.25, -0.2) is 0 Å². The summed E-state index contributed by atoms with van der Waals surface area (Å²) in [6.45, 7) is 4.71. The third-order valence-electron chi connectivity index (χ3n) is 3.62. The van der Waals surface area contributed by atoms with Crippen LogP contribution in [0.15, 0.2) is 43.0 Å². The van der Waals surface area contributed by atoms with Gasteiger partial charge in [-0.05, 0) is 18.4 Å². The summed E-state index contributed by atoms with van der Waals surface area (Å²) < 4.78 is 0. The van der Waals surface area contributed by atoms with Gasteiger partial charge in [-0.1, -0.05) is 55.7 Å². The van der Waals surface area contributed by atoms with E-state index in [-0.39, 0.29) is 17.9 Å². The van der Waals surface area contributed by atoms with Crippen molar-refractivity contribution >= 4 is 12.4 Å². The van der Waals surface area contributed by atoms with E-state index in [4.69, 9.17) is 0 Å². The van der Waals surface area contributed by atoms with Crippen LogP contribution in [0.4, 0.5) is 0 Å². The second-order valence-corrected chi connectivity index (χ2v) is 4.68. The summed E-state index contributed by atoms with van der Waals surface area (Å²) in [6, 6.07) is 10.9. The van der Waals surface area contributed by atoms with Crippen molar-refractivity contribution in [1.29, 1.82) is 0 Å². The predicted molar refractivity (Wildman–Crippen MR) is 76.7 cm³/mol. The fraction of sp³-hybridized carbons (Fsp3) is 0.467. The van der Waals surface area contributed by atoms with Gasteiger partial charge in [0.1, 0.15) is 0 Å². The molecular weight excluding hydrogens is 230 g/mol. The van der Waals surface area contributed by atoms with Crippen LogP contribution in [0.5, 0.6) is 0 Å². The minimum absolute atomic E-state index is 0. The molecule has 2 heteroatoms. The largest absolute Gasteiger partial charge is 0.304 e. The predicted octanol–water partition coefficient (Wildman–Crippen LogP) is 4.04. The number of hydrogen-bond acceptors (Lipinski definition) is 1. The van der Waals surface area contributed by atoms with Gasteiger partial charge in [0.05, 0.1) is 0 Å². The summed E-state index contributed by atoms with van der Waals surface area (Å²) in [5.41, 5.74) is 1.64. The highest BCUT2D eigenvalue weighted by molar-refractivity contribution is 5.85. The molecule has 1 N–H and O–H groups in total. The lowest BCUT2D eigenvalue weighted by Crippen LogP contribution is -2.44. The van der Waals surface area contributed by atoms with E-state index >= 15 is 0 Å². The van der Waals surface area contributed by atoms with E-state index in [1.165, 1.54) is 37.7 Å².